The summed E-state index contributed by atoms with van der Waals surface area (Å²) in [5.74, 6) is -0.974. The maximum Gasteiger partial charge on any atom is 0.243 e. The molecule has 1 aliphatic carbocycles. The minimum atomic E-state index is -3.62. The zero-order valence-corrected chi connectivity index (χ0v) is 20.3. The number of hydrogen-bond donors (Lipinski definition) is 1. The third-order valence-corrected chi connectivity index (χ3v) is 9.18. The molecule has 180 valence electrons. The molecule has 3 aliphatic rings. The molecule has 1 aromatic carbocycles. The highest BCUT2D eigenvalue weighted by Gasteiger charge is 2.37. The fourth-order valence-electron chi connectivity index (χ4n) is 5.16. The van der Waals surface area contributed by atoms with Crippen LogP contribution < -0.4 is 5.32 Å². The van der Waals surface area contributed by atoms with Crippen LogP contribution in [0.25, 0.3) is 0 Å². The molecule has 4 rings (SSSR count). The molecule has 2 heterocycles. The van der Waals surface area contributed by atoms with E-state index in [1.165, 1.54) is 0 Å². The van der Waals surface area contributed by atoms with Gasteiger partial charge in [0.2, 0.25) is 21.8 Å². The minimum absolute atomic E-state index is 0.0605. The van der Waals surface area contributed by atoms with Crippen molar-refractivity contribution in [3.63, 3.8) is 0 Å². The van der Waals surface area contributed by atoms with E-state index in [-0.39, 0.29) is 22.6 Å². The van der Waals surface area contributed by atoms with E-state index in [1.54, 1.807) is 29.4 Å². The summed E-state index contributed by atoms with van der Waals surface area (Å²) >= 11 is 0. The van der Waals surface area contributed by atoms with Gasteiger partial charge in [-0.1, -0.05) is 31.1 Å². The van der Waals surface area contributed by atoms with Gasteiger partial charge in [0, 0.05) is 31.9 Å². The number of allylic oxidation sites excluding steroid dienone is 2. The molecule has 0 radical (unpaired) electrons. The Kier molecular flexibility index (Phi) is 7.54. The van der Waals surface area contributed by atoms with Crippen LogP contribution in [-0.2, 0) is 19.6 Å². The fourth-order valence-corrected chi connectivity index (χ4v) is 6.93. The molecular formula is C25H35N3O4S. The Balaban J connectivity index is 1.52. The molecule has 2 amide bonds. The van der Waals surface area contributed by atoms with E-state index >= 15 is 0 Å². The third kappa shape index (κ3) is 5.32. The summed E-state index contributed by atoms with van der Waals surface area (Å²) < 4.78 is 28.3. The Labute approximate surface area is 197 Å². The summed E-state index contributed by atoms with van der Waals surface area (Å²) in [7, 11) is -3.62. The summed E-state index contributed by atoms with van der Waals surface area (Å²) in [5.41, 5.74) is 1.13. The van der Waals surface area contributed by atoms with Crippen LogP contribution in [0.5, 0.6) is 0 Å². The normalized spacial score (nSPS) is 24.5. The van der Waals surface area contributed by atoms with Crippen molar-refractivity contribution >= 4 is 27.5 Å². The number of sulfonamides is 1. The Morgan fingerprint density at radius 1 is 0.879 bits per heavy atom. The van der Waals surface area contributed by atoms with Crippen molar-refractivity contribution in [1.29, 1.82) is 0 Å². The molecule has 0 unspecified atom stereocenters. The number of benzene rings is 1. The van der Waals surface area contributed by atoms with Gasteiger partial charge in [0.25, 0.3) is 0 Å². The molecule has 2 atom stereocenters. The number of nitrogens with zero attached hydrogens (tertiary/aromatic N) is 2. The Hall–Kier alpha value is -2.19. The highest BCUT2D eigenvalue weighted by atomic mass is 32.2. The van der Waals surface area contributed by atoms with Gasteiger partial charge in [0.05, 0.1) is 16.7 Å². The van der Waals surface area contributed by atoms with Crippen molar-refractivity contribution in [2.75, 3.05) is 31.5 Å². The predicted octanol–water partition coefficient (Wildman–Crippen LogP) is 3.70. The number of rotatable bonds is 5. The average molecular weight is 474 g/mol. The van der Waals surface area contributed by atoms with Crippen molar-refractivity contribution in [3.8, 4) is 0 Å². The van der Waals surface area contributed by atoms with Gasteiger partial charge in [-0.05, 0) is 63.1 Å². The van der Waals surface area contributed by atoms with Crippen LogP contribution in [0.3, 0.4) is 0 Å². The zero-order valence-electron chi connectivity index (χ0n) is 19.5. The van der Waals surface area contributed by atoms with Crippen LogP contribution in [0.2, 0.25) is 0 Å². The monoisotopic (exact) mass is 473 g/mol. The molecule has 1 aromatic rings. The molecule has 1 N–H and O–H groups in total. The molecular weight excluding hydrogens is 438 g/mol. The lowest BCUT2D eigenvalue weighted by Gasteiger charge is -2.30. The van der Waals surface area contributed by atoms with Crippen molar-refractivity contribution < 1.29 is 18.0 Å². The molecule has 2 fully saturated rings. The Morgan fingerprint density at radius 2 is 1.48 bits per heavy atom. The molecule has 0 bridgehead atoms. The van der Waals surface area contributed by atoms with Gasteiger partial charge in [0.1, 0.15) is 0 Å². The highest BCUT2D eigenvalue weighted by molar-refractivity contribution is 7.89. The molecule has 2 aliphatic heterocycles. The van der Waals surface area contributed by atoms with E-state index in [0.29, 0.717) is 37.2 Å². The van der Waals surface area contributed by atoms with E-state index in [2.05, 4.69) is 5.32 Å². The number of aryl methyl sites for hydroxylation is 1. The number of hydrogen-bond acceptors (Lipinski definition) is 4. The molecule has 0 saturated carbocycles. The van der Waals surface area contributed by atoms with Crippen LogP contribution in [0, 0.1) is 18.8 Å². The zero-order chi connectivity index (χ0) is 23.4. The van der Waals surface area contributed by atoms with Crippen molar-refractivity contribution in [2.45, 2.75) is 63.2 Å². The maximum absolute atomic E-state index is 13.3. The Morgan fingerprint density at radius 3 is 2.15 bits per heavy atom. The predicted molar refractivity (Wildman–Crippen MR) is 128 cm³/mol. The van der Waals surface area contributed by atoms with Crippen LogP contribution in [-0.4, -0.2) is 55.6 Å². The quantitative estimate of drug-likeness (QED) is 0.661. The number of nitrogens with one attached hydrogen (secondary N) is 1. The molecule has 8 heteroatoms. The molecule has 0 spiro atoms. The highest BCUT2D eigenvalue weighted by Crippen LogP contribution is 2.31. The van der Waals surface area contributed by atoms with Gasteiger partial charge in [-0.2, -0.15) is 4.31 Å². The lowest BCUT2D eigenvalue weighted by atomic mass is 9.81. The van der Waals surface area contributed by atoms with Crippen LogP contribution in [0.15, 0.2) is 35.2 Å². The van der Waals surface area contributed by atoms with Gasteiger partial charge < -0.3 is 10.2 Å². The van der Waals surface area contributed by atoms with Crippen LogP contribution in [0.1, 0.15) is 56.9 Å². The maximum atomic E-state index is 13.3. The lowest BCUT2D eigenvalue weighted by Crippen LogP contribution is -2.42. The largest absolute Gasteiger partial charge is 0.342 e. The number of likely N-dealkylation sites (tertiary alicyclic amines) is 1. The number of anilines is 1. The van der Waals surface area contributed by atoms with Crippen LogP contribution >= 0.6 is 0 Å². The lowest BCUT2D eigenvalue weighted by molar-refractivity contribution is -0.139. The minimum Gasteiger partial charge on any atom is -0.342 e. The van der Waals surface area contributed by atoms with Crippen molar-refractivity contribution in [2.24, 2.45) is 11.8 Å². The standard InChI is InChI=1S/C25H35N3O4S/c1-19-12-13-20(18-23(19)33(31,32)28-16-6-2-3-7-17-28)26-24(29)21-10-4-5-11-22(21)25(30)27-14-8-9-15-27/h4-5,12-13,18,21-22H,2-3,6-11,14-17H2,1H3,(H,26,29)/t21-,22+/m1/s1. The number of amides is 2. The van der Waals surface area contributed by atoms with Gasteiger partial charge in [-0.15, -0.1) is 0 Å². The molecule has 0 aromatic heterocycles. The summed E-state index contributed by atoms with van der Waals surface area (Å²) in [5, 5.41) is 2.92. The van der Waals surface area contributed by atoms with E-state index in [0.717, 1.165) is 51.6 Å². The van der Waals surface area contributed by atoms with Crippen molar-refractivity contribution in [3.05, 3.63) is 35.9 Å². The first-order valence-corrected chi connectivity index (χ1v) is 13.7. The third-order valence-electron chi connectivity index (χ3n) is 7.14. The van der Waals surface area contributed by atoms with Crippen molar-refractivity contribution in [1.82, 2.24) is 9.21 Å². The summed E-state index contributed by atoms with van der Waals surface area (Å²) in [6.07, 6.45) is 10.9. The summed E-state index contributed by atoms with van der Waals surface area (Å²) in [4.78, 5) is 28.4. The molecule has 33 heavy (non-hydrogen) atoms. The fraction of sp³-hybridized carbons (Fsp3) is 0.600. The van der Waals surface area contributed by atoms with Crippen LogP contribution in [0.4, 0.5) is 5.69 Å². The number of carbonyl (C=O) groups excluding carboxylic acids is 2. The number of carbonyl (C=O) groups is 2. The molecule has 2 saturated heterocycles. The summed E-state index contributed by atoms with van der Waals surface area (Å²) in [6.45, 7) is 4.39. The van der Waals surface area contributed by atoms with E-state index < -0.39 is 15.9 Å². The van der Waals surface area contributed by atoms with Gasteiger partial charge in [0.15, 0.2) is 0 Å². The SMILES string of the molecule is Cc1ccc(NC(=O)[C@@H]2CC=CC[C@@H]2C(=O)N2CCCC2)cc1S(=O)(=O)N1CCCCCC1. The van der Waals surface area contributed by atoms with Gasteiger partial charge >= 0.3 is 0 Å². The van der Waals surface area contributed by atoms with E-state index in [9.17, 15) is 18.0 Å². The first-order valence-electron chi connectivity index (χ1n) is 12.2. The second-order valence-electron chi connectivity index (χ2n) is 9.48. The smallest absolute Gasteiger partial charge is 0.243 e. The first-order chi connectivity index (χ1) is 15.9. The average Bonchev–Trinajstić information content (AvgIpc) is 3.21. The second-order valence-corrected chi connectivity index (χ2v) is 11.4. The first kappa shape index (κ1) is 24.0. The van der Waals surface area contributed by atoms with Gasteiger partial charge in [-0.3, -0.25) is 9.59 Å². The Bertz CT molecular complexity index is 1010. The molecule has 7 nitrogen and oxygen atoms in total. The van der Waals surface area contributed by atoms with E-state index in [1.807, 2.05) is 17.1 Å². The summed E-state index contributed by atoms with van der Waals surface area (Å²) in [6, 6.07) is 5.06. The van der Waals surface area contributed by atoms with E-state index in [4.69, 9.17) is 0 Å². The topological polar surface area (TPSA) is 86.8 Å². The second kappa shape index (κ2) is 10.4. The van der Waals surface area contributed by atoms with Gasteiger partial charge in [-0.25, -0.2) is 8.42 Å².